The number of imidazole rings is 1. The van der Waals surface area contributed by atoms with E-state index in [2.05, 4.69) is 129 Å². The van der Waals surface area contributed by atoms with Crippen molar-refractivity contribution < 1.29 is 87.5 Å². The number of aliphatic hydroxyl groups is 1. The summed E-state index contributed by atoms with van der Waals surface area (Å²) < 4.78 is 0. The molecule has 2 heterocycles. The highest BCUT2D eigenvalue weighted by Crippen LogP contribution is 2.21. The van der Waals surface area contributed by atoms with Crippen molar-refractivity contribution in [3.63, 3.8) is 0 Å². The first-order valence-electron chi connectivity index (χ1n) is 33.2. The van der Waals surface area contributed by atoms with Crippen LogP contribution in [0.15, 0.2) is 66.0 Å². The standard InChI is InChI=1S/C63H94N20O18S4/c1-32(72-60(98)48-8-5-19-83(48)61(99)42(22-35-24-68-31-71-35)77-58(96)45(28-103)81-59(97)46(29-104)80-54(92)39(73-49(87)23-65)7-4-18-69-63(66)67)51(89)79-44(27-102)52(90)70-25-50(88)74-38(6-2-3-17-64)53(91)75-40(20-33-9-13-36(85)14-10-33)55(93)76-41(21-34-11-15-37(86)16-12-34)56(94)78-43(26-84)57(95)82-47(30-105)62(100)101/h9-16,24,31-32,38-48,84-86,102-105H,2-8,17-23,25-30,64-65H2,1H3,(H,68,71)(H,70,90)(H,72,98)(H,73,87)(H,74,88)(H,75,91)(H,76,93)(H,77,96)(H,78,94)(H,79,89)(H,80,92)(H,81,97)(H,82,95)(H,100,101)(H4,66,67,69)/t32-,38-,39-,40-,41-,42-,43-,44-,45-,46-,47-,48-/m0/s1. The molecule has 4 rings (SSSR count). The summed E-state index contributed by atoms with van der Waals surface area (Å²) in [4.78, 5) is 202. The van der Waals surface area contributed by atoms with Gasteiger partial charge < -0.3 is 117 Å². The van der Waals surface area contributed by atoms with Crippen molar-refractivity contribution in [1.29, 1.82) is 0 Å². The van der Waals surface area contributed by atoms with Crippen molar-refractivity contribution in [1.82, 2.24) is 78.7 Å². The average molecular weight is 1550 g/mol. The maximum atomic E-state index is 14.5. The van der Waals surface area contributed by atoms with Crippen LogP contribution < -0.4 is 86.7 Å². The first-order valence-corrected chi connectivity index (χ1v) is 35.7. The van der Waals surface area contributed by atoms with Crippen LogP contribution in [0.4, 0.5) is 0 Å². The Hall–Kier alpha value is -9.62. The molecule has 1 aliphatic rings. The van der Waals surface area contributed by atoms with Gasteiger partial charge in [0.15, 0.2) is 5.96 Å². The summed E-state index contributed by atoms with van der Waals surface area (Å²) in [6, 6.07) is -6.13. The number of aromatic nitrogens is 2. The summed E-state index contributed by atoms with van der Waals surface area (Å²) in [5.41, 5.74) is 23.1. The number of hydrogen-bond donors (Lipinski definition) is 25. The Balaban J connectivity index is 1.43. The lowest BCUT2D eigenvalue weighted by Crippen LogP contribution is -2.61. The number of aliphatic hydroxyl groups excluding tert-OH is 1. The minimum atomic E-state index is -1.73. The van der Waals surface area contributed by atoms with Crippen LogP contribution in [0.1, 0.15) is 68.7 Å². The number of aliphatic carboxylic acids is 1. The molecule has 0 bridgehead atoms. The number of amides is 13. The van der Waals surface area contributed by atoms with Gasteiger partial charge in [0.25, 0.3) is 0 Å². The third kappa shape index (κ3) is 29.8. The molecule has 1 aliphatic heterocycles. The molecule has 25 N–H and O–H groups in total. The van der Waals surface area contributed by atoms with Crippen molar-refractivity contribution in [3.05, 3.63) is 77.9 Å². The lowest BCUT2D eigenvalue weighted by atomic mass is 10.0. The van der Waals surface area contributed by atoms with Gasteiger partial charge in [-0.15, -0.1) is 0 Å². The van der Waals surface area contributed by atoms with Crippen LogP contribution in [0, 0.1) is 0 Å². The number of H-pyrrole nitrogens is 1. The Morgan fingerprint density at radius 3 is 1.48 bits per heavy atom. The maximum Gasteiger partial charge on any atom is 0.327 e. The summed E-state index contributed by atoms with van der Waals surface area (Å²) >= 11 is 16.6. The minimum absolute atomic E-state index is 0.0281. The number of nitrogens with one attached hydrogen (secondary N) is 13. The average Bonchev–Trinajstić information content (AvgIpc) is 1.75. The molecule has 105 heavy (non-hydrogen) atoms. The van der Waals surface area contributed by atoms with Gasteiger partial charge in [0.2, 0.25) is 76.8 Å². The Morgan fingerprint density at radius 2 is 1.00 bits per heavy atom. The van der Waals surface area contributed by atoms with Gasteiger partial charge in [-0.25, -0.2) is 9.78 Å². The molecule has 12 atom stereocenters. The Kier molecular flexibility index (Phi) is 38.1. The molecule has 0 unspecified atom stereocenters. The highest BCUT2D eigenvalue weighted by Gasteiger charge is 2.41. The molecule has 42 heteroatoms. The SMILES string of the molecule is C[C@H](NC(=O)[C@@H]1CCCN1C(=O)[C@H](Cc1cnc[nH]1)NC(=O)[C@H](CS)NC(=O)[C@H](CS)NC(=O)[C@H](CCCN=C(N)N)NC(=O)CN)C(=O)N[C@@H](CS)C(=O)NCC(=O)N[C@@H](CCCCN)C(=O)N[C@@H](Cc1ccc(O)cc1)C(=O)N[C@@H](Cc1ccc(O)cc1)C(=O)N[C@@H](CO)C(=O)N[C@@H](CS)C(=O)O. The second-order valence-corrected chi connectivity index (χ2v) is 25.5. The monoisotopic (exact) mass is 1550 g/mol. The van der Waals surface area contributed by atoms with Gasteiger partial charge >= 0.3 is 5.97 Å². The van der Waals surface area contributed by atoms with Crippen LogP contribution >= 0.6 is 50.5 Å². The predicted octanol–water partition coefficient (Wildman–Crippen LogP) is -7.75. The Bertz CT molecular complexity index is 3470. The van der Waals surface area contributed by atoms with E-state index in [1.807, 2.05) is 0 Å². The van der Waals surface area contributed by atoms with Gasteiger partial charge in [-0.1, -0.05) is 24.3 Å². The highest BCUT2D eigenvalue weighted by atomic mass is 32.1. The van der Waals surface area contributed by atoms with E-state index in [0.717, 1.165) is 0 Å². The molecule has 0 radical (unpaired) electrons. The fourth-order valence-corrected chi connectivity index (χ4v) is 11.4. The number of carbonyl (C=O) groups excluding carboxylic acids is 13. The molecule has 578 valence electrons. The van der Waals surface area contributed by atoms with E-state index in [-0.39, 0.29) is 111 Å². The van der Waals surface area contributed by atoms with Gasteiger partial charge in [-0.05, 0) is 93.8 Å². The topological polar surface area (TPSA) is 613 Å². The van der Waals surface area contributed by atoms with Crippen molar-refractivity contribution in [3.8, 4) is 11.5 Å². The second-order valence-electron chi connectivity index (χ2n) is 24.1. The van der Waals surface area contributed by atoms with Crippen LogP contribution in [-0.4, -0.2) is 259 Å². The number of rotatable bonds is 45. The minimum Gasteiger partial charge on any atom is -0.508 e. The van der Waals surface area contributed by atoms with Crippen LogP contribution in [0.25, 0.3) is 0 Å². The summed E-state index contributed by atoms with van der Waals surface area (Å²) in [6.45, 7) is -0.614. The lowest BCUT2D eigenvalue weighted by molar-refractivity contribution is -0.142. The molecular formula is C63H94N20O18S4. The first-order chi connectivity index (χ1) is 50.0. The first kappa shape index (κ1) is 87.8. The van der Waals surface area contributed by atoms with Crippen LogP contribution in [0.3, 0.4) is 0 Å². The molecule has 3 aromatic rings. The molecule has 1 saturated heterocycles. The maximum absolute atomic E-state index is 14.5. The number of unbranched alkanes of at least 4 members (excludes halogenated alkanes) is 1. The quantitative estimate of drug-likeness (QED) is 0.0108. The zero-order valence-electron chi connectivity index (χ0n) is 57.3. The number of nitrogens with zero attached hydrogens (tertiary/aromatic N) is 3. The van der Waals surface area contributed by atoms with Gasteiger partial charge in [0, 0.05) is 67.3 Å². The number of carboxylic acid groups (broad SMARTS) is 1. The number of benzene rings is 2. The van der Waals surface area contributed by atoms with E-state index in [1.165, 1.54) is 72.9 Å². The number of hydrogen-bond acceptors (Lipinski definition) is 25. The Labute approximate surface area is 625 Å². The van der Waals surface area contributed by atoms with Gasteiger partial charge in [-0.2, -0.15) is 50.5 Å². The fraction of sp³-hybridized carbons (Fsp3) is 0.524. The summed E-state index contributed by atoms with van der Waals surface area (Å²) in [6.07, 6.45) is 3.23. The zero-order chi connectivity index (χ0) is 77.9. The highest BCUT2D eigenvalue weighted by molar-refractivity contribution is 7.80. The van der Waals surface area contributed by atoms with Gasteiger partial charge in [0.05, 0.1) is 26.0 Å². The normalized spacial score (nSPS) is 15.6. The lowest BCUT2D eigenvalue weighted by Gasteiger charge is -2.30. The molecule has 0 spiro atoms. The number of guanidine groups is 1. The predicted molar refractivity (Wildman–Crippen MR) is 393 cm³/mol. The summed E-state index contributed by atoms with van der Waals surface area (Å²) in [7, 11) is 0. The number of phenols is 2. The van der Waals surface area contributed by atoms with E-state index in [9.17, 15) is 87.5 Å². The molecule has 0 aliphatic carbocycles. The number of phenolic OH excluding ortho intramolecular Hbond substituents is 2. The van der Waals surface area contributed by atoms with E-state index in [0.29, 0.717) is 29.7 Å². The van der Waals surface area contributed by atoms with Crippen LogP contribution in [-0.2, 0) is 86.4 Å². The molecule has 2 aromatic carbocycles. The molecule has 13 amide bonds. The van der Waals surface area contributed by atoms with E-state index in [1.54, 1.807) is 0 Å². The van der Waals surface area contributed by atoms with E-state index >= 15 is 0 Å². The van der Waals surface area contributed by atoms with Crippen molar-refractivity contribution in [2.75, 3.05) is 62.3 Å². The van der Waals surface area contributed by atoms with Crippen LogP contribution in [0.5, 0.6) is 11.5 Å². The number of likely N-dealkylation sites (tertiary alicyclic amines) is 1. The molecule has 0 saturated carbocycles. The van der Waals surface area contributed by atoms with Gasteiger partial charge in [0.1, 0.15) is 84.0 Å². The summed E-state index contributed by atoms with van der Waals surface area (Å²) in [5, 5.41) is 69.2. The number of thiol groups is 4. The number of aromatic hydroxyl groups is 2. The largest absolute Gasteiger partial charge is 0.508 e. The molecule has 38 nitrogen and oxygen atoms in total. The number of aliphatic imine (C=N–C) groups is 1. The van der Waals surface area contributed by atoms with Crippen molar-refractivity contribution in [2.45, 2.75) is 144 Å². The molecular weight excluding hydrogens is 1450 g/mol. The fourth-order valence-electron chi connectivity index (χ4n) is 10.3. The van der Waals surface area contributed by atoms with Crippen molar-refractivity contribution in [2.24, 2.45) is 27.9 Å². The third-order valence-corrected chi connectivity index (χ3v) is 17.5. The van der Waals surface area contributed by atoms with Gasteiger partial charge in [-0.3, -0.25) is 67.3 Å². The number of carboxylic acids is 1. The van der Waals surface area contributed by atoms with Crippen molar-refractivity contribution >= 4 is 139 Å². The second kappa shape index (κ2) is 45.6. The van der Waals surface area contributed by atoms with E-state index in [4.69, 9.17) is 22.9 Å². The smallest absolute Gasteiger partial charge is 0.327 e. The number of nitrogens with two attached hydrogens (primary N) is 4. The molecule has 1 fully saturated rings. The number of aromatic amines is 1. The number of carbonyl (C=O) groups is 14. The zero-order valence-corrected chi connectivity index (χ0v) is 60.9. The van der Waals surface area contributed by atoms with E-state index < -0.39 is 175 Å². The molecule has 1 aromatic heterocycles. The van der Waals surface area contributed by atoms with Crippen LogP contribution in [0.2, 0.25) is 0 Å². The Morgan fingerprint density at radius 1 is 0.552 bits per heavy atom. The third-order valence-electron chi connectivity index (χ3n) is 16.1. The summed E-state index contributed by atoms with van der Waals surface area (Å²) in [5.74, 6) is -14.7.